The van der Waals surface area contributed by atoms with E-state index in [2.05, 4.69) is 24.1 Å². The van der Waals surface area contributed by atoms with E-state index in [1.54, 1.807) is 18.2 Å². The van der Waals surface area contributed by atoms with Gasteiger partial charge in [0, 0.05) is 48.5 Å². The first kappa shape index (κ1) is 52.7. The zero-order chi connectivity index (χ0) is 47.2. The molecule has 2 fully saturated rings. The highest BCUT2D eigenvalue weighted by Crippen LogP contribution is 2.57. The molecular weight excluding hydrogens is 883 g/mol. The minimum absolute atomic E-state index is 0.0267. The standard InChI is InChI=1S/C51H77NO12S2/c1-32-8-11-36(12-13-37(56)7-6-19-53)51(28-32)17-4-5-18-52-29-35-10-15-39(25-42(35)51)64-46-24-34-9-14-38(63-31-55)26-43(57)41(21-33-22-47(61-2)50(60)48(23-33)62-3)45(59)30-65-66-49(16-20-54)40(34)27-44(46)58/h22-24,27,32,35-39,41-43,45,49,52-60H,5-16,18-21,25-26,28-31H2,1-3H3/t32-,35+,36-,37-,38+,39-,41+,42-,43-,45-,49+,51+/m1/s1. The normalized spacial score (nSPS) is 31.5. The van der Waals surface area contributed by atoms with Gasteiger partial charge in [-0.3, -0.25) is 0 Å². The second kappa shape index (κ2) is 25.8. The predicted molar refractivity (Wildman–Crippen MR) is 259 cm³/mol. The maximum atomic E-state index is 11.8. The average Bonchev–Trinajstić information content (AvgIpc) is 3.39. The van der Waals surface area contributed by atoms with Crippen LogP contribution in [0, 0.1) is 46.8 Å². The summed E-state index contributed by atoms with van der Waals surface area (Å²) in [4.78, 5) is 0. The molecule has 2 aromatic carbocycles. The molecule has 13 nitrogen and oxygen atoms in total. The lowest BCUT2D eigenvalue weighted by molar-refractivity contribution is -0.0808. The highest BCUT2D eigenvalue weighted by atomic mass is 33.1. The third kappa shape index (κ3) is 13.6. The molecule has 0 amide bonds. The maximum Gasteiger partial charge on any atom is 0.200 e. The molecule has 0 radical (unpaired) electrons. The van der Waals surface area contributed by atoms with Crippen LogP contribution >= 0.6 is 21.6 Å². The summed E-state index contributed by atoms with van der Waals surface area (Å²) in [5.74, 6) is 9.40. The van der Waals surface area contributed by atoms with Crippen LogP contribution in [0.15, 0.2) is 24.3 Å². The Morgan fingerprint density at radius 2 is 1.67 bits per heavy atom. The molecule has 2 saturated carbocycles. The van der Waals surface area contributed by atoms with Crippen molar-refractivity contribution in [2.24, 2.45) is 35.0 Å². The fraction of sp³-hybridized carbons (Fsp3) is 0.725. The van der Waals surface area contributed by atoms with Crippen LogP contribution in [-0.4, -0.2) is 124 Å². The molecular formula is C51H77NO12S2. The van der Waals surface area contributed by atoms with Gasteiger partial charge >= 0.3 is 0 Å². The van der Waals surface area contributed by atoms with Crippen molar-refractivity contribution in [2.45, 2.75) is 145 Å². The van der Waals surface area contributed by atoms with Crippen molar-refractivity contribution in [3.05, 3.63) is 41.0 Å². The molecule has 12 atom stereocenters. The molecule has 66 heavy (non-hydrogen) atoms. The predicted octanol–water partition coefficient (Wildman–Crippen LogP) is 6.67. The van der Waals surface area contributed by atoms with E-state index in [9.17, 15) is 40.9 Å². The van der Waals surface area contributed by atoms with E-state index in [0.29, 0.717) is 67.6 Å². The number of benzene rings is 2. The second-order valence-electron chi connectivity index (χ2n) is 19.3. The summed E-state index contributed by atoms with van der Waals surface area (Å²) in [5.41, 5.74) is 2.24. The Kier molecular flexibility index (Phi) is 20.6. The van der Waals surface area contributed by atoms with Gasteiger partial charge in [0.1, 0.15) is 6.79 Å². The molecule has 370 valence electrons. The van der Waals surface area contributed by atoms with Gasteiger partial charge in [0.15, 0.2) is 23.0 Å². The number of hydrogen-bond acceptors (Lipinski definition) is 15. The SMILES string of the molecule is COc1cc(C[C@@H]2[C@H](O)CSS[C@@H](CCO)c3cc(O)c(O[C@@H]4CC[C@H]5CNCCC#C[C@@]6(C[C@H](C)CC[C@@H]6CC[C@H](O)CCCO)[C@@H]5C4)cc3CC[C@H](OCO)C[C@H]2O)cc(OC)c1O. The number of fused-ring (bicyclic) bond motifs is 3. The lowest BCUT2D eigenvalue weighted by Gasteiger charge is -2.53. The number of rotatable bonds is 16. The number of aliphatic hydroxyl groups is 6. The Balaban J connectivity index is 1.27. The van der Waals surface area contributed by atoms with E-state index in [1.165, 1.54) is 35.8 Å². The molecule has 15 heteroatoms. The third-order valence-corrected chi connectivity index (χ3v) is 17.8. The molecule has 1 spiro atoms. The Labute approximate surface area is 400 Å². The van der Waals surface area contributed by atoms with Crippen LogP contribution in [0.25, 0.3) is 0 Å². The number of aromatic hydroxyl groups is 2. The fourth-order valence-corrected chi connectivity index (χ4v) is 14.4. The number of aryl methyl sites for hydroxylation is 1. The van der Waals surface area contributed by atoms with Gasteiger partial charge in [0.2, 0.25) is 5.75 Å². The molecule has 9 N–H and O–H groups in total. The van der Waals surface area contributed by atoms with E-state index >= 15 is 0 Å². The first-order valence-corrected chi connectivity index (χ1v) is 26.7. The van der Waals surface area contributed by atoms with E-state index < -0.39 is 37.1 Å². The topological polar surface area (TPSA) is 211 Å². The summed E-state index contributed by atoms with van der Waals surface area (Å²) in [6.07, 6.45) is 7.89. The molecule has 2 aliphatic heterocycles. The highest BCUT2D eigenvalue weighted by Gasteiger charge is 2.52. The van der Waals surface area contributed by atoms with Gasteiger partial charge in [0.05, 0.1) is 44.7 Å². The Bertz CT molecular complexity index is 1850. The van der Waals surface area contributed by atoms with E-state index in [-0.39, 0.29) is 77.5 Å². The Hall–Kier alpha value is -2.62. The quantitative estimate of drug-likeness (QED) is 0.0489. The smallest absolute Gasteiger partial charge is 0.200 e. The van der Waals surface area contributed by atoms with Crippen LogP contribution in [0.4, 0.5) is 0 Å². The summed E-state index contributed by atoms with van der Waals surface area (Å²) >= 11 is 0. The first-order valence-electron chi connectivity index (χ1n) is 24.4. The van der Waals surface area contributed by atoms with Crippen LogP contribution in [0.3, 0.4) is 0 Å². The molecule has 0 aromatic heterocycles. The van der Waals surface area contributed by atoms with Crippen LogP contribution in [0.1, 0.15) is 119 Å². The molecule has 4 aliphatic rings. The summed E-state index contributed by atoms with van der Waals surface area (Å²) in [6.45, 7) is 3.56. The summed E-state index contributed by atoms with van der Waals surface area (Å²) in [6, 6.07) is 7.03. The van der Waals surface area contributed by atoms with Gasteiger partial charge in [-0.15, -0.1) is 5.92 Å². The monoisotopic (exact) mass is 959 g/mol. The van der Waals surface area contributed by atoms with Crippen LogP contribution < -0.4 is 19.5 Å². The van der Waals surface area contributed by atoms with Gasteiger partial charge < -0.3 is 65.1 Å². The second-order valence-corrected chi connectivity index (χ2v) is 22.0. The van der Waals surface area contributed by atoms with Crippen LogP contribution in [0.5, 0.6) is 28.7 Å². The van der Waals surface area contributed by atoms with Crippen molar-refractivity contribution in [2.75, 3.05) is 53.1 Å². The number of methoxy groups -OCH3 is 2. The Morgan fingerprint density at radius 1 is 0.879 bits per heavy atom. The van der Waals surface area contributed by atoms with Crippen molar-refractivity contribution >= 4 is 21.6 Å². The highest BCUT2D eigenvalue weighted by molar-refractivity contribution is 8.76. The number of aliphatic hydroxyl groups excluding tert-OH is 6. The molecule has 6 rings (SSSR count). The minimum atomic E-state index is -1.03. The molecule has 2 heterocycles. The first-order chi connectivity index (χ1) is 31.9. The van der Waals surface area contributed by atoms with Gasteiger partial charge in [-0.1, -0.05) is 40.9 Å². The van der Waals surface area contributed by atoms with Gasteiger partial charge in [-0.2, -0.15) is 0 Å². The van der Waals surface area contributed by atoms with Crippen molar-refractivity contribution in [1.82, 2.24) is 5.32 Å². The number of nitrogens with one attached hydrogen (secondary N) is 1. The molecule has 0 bridgehead atoms. The lowest BCUT2D eigenvalue weighted by atomic mass is 9.51. The lowest BCUT2D eigenvalue weighted by Crippen LogP contribution is -2.50. The van der Waals surface area contributed by atoms with Gasteiger partial charge in [0.25, 0.3) is 0 Å². The van der Waals surface area contributed by atoms with E-state index in [4.69, 9.17) is 18.9 Å². The number of hydrogen-bond donors (Lipinski definition) is 9. The molecule has 0 saturated heterocycles. The Morgan fingerprint density at radius 3 is 2.39 bits per heavy atom. The maximum absolute atomic E-state index is 11.8. The average molecular weight is 960 g/mol. The minimum Gasteiger partial charge on any atom is -0.504 e. The summed E-state index contributed by atoms with van der Waals surface area (Å²) in [7, 11) is 5.84. The van der Waals surface area contributed by atoms with Crippen molar-refractivity contribution < 1.29 is 59.8 Å². The molecule has 2 aliphatic carbocycles. The van der Waals surface area contributed by atoms with Gasteiger partial charge in [-0.25, -0.2) is 0 Å². The van der Waals surface area contributed by atoms with Crippen molar-refractivity contribution in [1.29, 1.82) is 0 Å². The van der Waals surface area contributed by atoms with Crippen LogP contribution in [-0.2, 0) is 17.6 Å². The van der Waals surface area contributed by atoms with E-state index in [1.807, 2.05) is 6.07 Å². The van der Waals surface area contributed by atoms with Crippen molar-refractivity contribution in [3.63, 3.8) is 0 Å². The van der Waals surface area contributed by atoms with Gasteiger partial charge in [-0.05, 0) is 161 Å². The zero-order valence-corrected chi connectivity index (χ0v) is 40.9. The van der Waals surface area contributed by atoms with Crippen molar-refractivity contribution in [3.8, 4) is 40.6 Å². The summed E-state index contributed by atoms with van der Waals surface area (Å²) in [5, 5.41) is 89.9. The number of phenolic OH excluding ortho intramolecular Hbond substituents is 2. The molecule has 0 unspecified atom stereocenters. The van der Waals surface area contributed by atoms with Crippen LogP contribution in [0.2, 0.25) is 0 Å². The third-order valence-electron chi connectivity index (χ3n) is 15.0. The molecule has 2 aromatic rings. The zero-order valence-electron chi connectivity index (χ0n) is 39.2. The number of phenols is 2. The summed E-state index contributed by atoms with van der Waals surface area (Å²) < 4.78 is 23.5. The number of ether oxygens (including phenoxy) is 4. The fourth-order valence-electron chi connectivity index (χ4n) is 11.5. The van der Waals surface area contributed by atoms with E-state index in [0.717, 1.165) is 75.6 Å². The largest absolute Gasteiger partial charge is 0.504 e.